The van der Waals surface area contributed by atoms with Gasteiger partial charge in [0.15, 0.2) is 0 Å². The van der Waals surface area contributed by atoms with Crippen molar-refractivity contribution in [1.82, 2.24) is 9.21 Å². The average Bonchev–Trinajstić information content (AvgIpc) is 3.17. The summed E-state index contributed by atoms with van der Waals surface area (Å²) < 4.78 is 28.1. The third-order valence-electron chi connectivity index (χ3n) is 4.15. The Hall–Kier alpha value is -1.000. The predicted molar refractivity (Wildman–Crippen MR) is 110 cm³/mol. The second-order valence-electron chi connectivity index (χ2n) is 5.98. The van der Waals surface area contributed by atoms with Gasteiger partial charge >= 0.3 is 0 Å². The van der Waals surface area contributed by atoms with Crippen molar-refractivity contribution in [1.29, 1.82) is 0 Å². The first-order valence-electron chi connectivity index (χ1n) is 8.07. The largest absolute Gasteiger partial charge is 0.337 e. The maximum Gasteiger partial charge on any atom is 0.246 e. The summed E-state index contributed by atoms with van der Waals surface area (Å²) in [4.78, 5) is 17.2. The van der Waals surface area contributed by atoms with E-state index in [9.17, 15) is 13.2 Å². The van der Waals surface area contributed by atoms with Crippen molar-refractivity contribution in [2.45, 2.75) is 18.7 Å². The fourth-order valence-electron chi connectivity index (χ4n) is 2.83. The zero-order valence-electron chi connectivity index (χ0n) is 14.4. The fourth-order valence-corrected chi connectivity index (χ4v) is 7.10. The van der Waals surface area contributed by atoms with Gasteiger partial charge < -0.3 is 4.90 Å². The van der Waals surface area contributed by atoms with Gasteiger partial charge in [-0.1, -0.05) is 0 Å². The second-order valence-corrected chi connectivity index (χ2v) is 11.8. The molecule has 26 heavy (non-hydrogen) atoms. The van der Waals surface area contributed by atoms with Gasteiger partial charge in [-0.25, -0.2) is 8.42 Å². The Morgan fingerprint density at radius 1 is 1.15 bits per heavy atom. The lowest BCUT2D eigenvalue weighted by molar-refractivity contribution is -0.127. The van der Waals surface area contributed by atoms with Crippen LogP contribution in [0.25, 0.3) is 6.08 Å². The molecule has 0 aromatic carbocycles. The summed E-state index contributed by atoms with van der Waals surface area (Å²) in [5, 5.41) is 0. The van der Waals surface area contributed by atoms with Gasteiger partial charge in [-0.3, -0.25) is 4.79 Å². The molecule has 2 aromatic rings. The SMILES string of the molecule is Cc1cc(S(=O)(=O)N2CCN(C(=O)/C=C/c3ccc(Br)s3)CC2)c(C)s1. The molecule has 0 aliphatic carbocycles. The molecule has 0 spiro atoms. The van der Waals surface area contributed by atoms with E-state index in [2.05, 4.69) is 15.9 Å². The molecule has 1 saturated heterocycles. The zero-order chi connectivity index (χ0) is 18.9. The summed E-state index contributed by atoms with van der Waals surface area (Å²) in [5.41, 5.74) is 0. The molecule has 140 valence electrons. The number of thiophene rings is 2. The summed E-state index contributed by atoms with van der Waals surface area (Å²) in [6.45, 7) is 5.18. The molecular weight excluding hydrogens is 456 g/mol. The third kappa shape index (κ3) is 4.28. The van der Waals surface area contributed by atoms with E-state index in [1.54, 1.807) is 34.5 Å². The molecule has 0 N–H and O–H groups in total. The van der Waals surface area contributed by atoms with E-state index in [1.165, 1.54) is 15.6 Å². The van der Waals surface area contributed by atoms with E-state index >= 15 is 0 Å². The number of aryl methyl sites for hydroxylation is 2. The lowest BCUT2D eigenvalue weighted by Crippen LogP contribution is -2.50. The fraction of sp³-hybridized carbons (Fsp3) is 0.353. The summed E-state index contributed by atoms with van der Waals surface area (Å²) >= 11 is 6.44. The first kappa shape index (κ1) is 19.8. The minimum Gasteiger partial charge on any atom is -0.337 e. The molecule has 3 heterocycles. The highest BCUT2D eigenvalue weighted by atomic mass is 79.9. The molecule has 0 saturated carbocycles. The number of hydrogen-bond acceptors (Lipinski definition) is 5. The van der Waals surface area contributed by atoms with E-state index in [1.807, 2.05) is 26.0 Å². The van der Waals surface area contributed by atoms with Crippen LogP contribution in [0.1, 0.15) is 14.6 Å². The van der Waals surface area contributed by atoms with Crippen LogP contribution in [0.4, 0.5) is 0 Å². The number of nitrogens with zero attached hydrogens (tertiary/aromatic N) is 2. The Morgan fingerprint density at radius 3 is 2.38 bits per heavy atom. The van der Waals surface area contributed by atoms with Crippen molar-refractivity contribution in [2.24, 2.45) is 0 Å². The van der Waals surface area contributed by atoms with Gasteiger partial charge in [0.1, 0.15) is 0 Å². The van der Waals surface area contributed by atoms with Crippen LogP contribution in [0.15, 0.2) is 33.0 Å². The summed E-state index contributed by atoms with van der Waals surface area (Å²) in [6.07, 6.45) is 3.34. The molecular formula is C17H19BrN2O3S3. The smallest absolute Gasteiger partial charge is 0.246 e. The molecule has 0 bridgehead atoms. The molecule has 3 rings (SSSR count). The molecule has 1 aliphatic heterocycles. The van der Waals surface area contributed by atoms with Crippen LogP contribution in [0.2, 0.25) is 0 Å². The monoisotopic (exact) mass is 474 g/mol. The van der Waals surface area contributed by atoms with Crippen molar-refractivity contribution in [2.75, 3.05) is 26.2 Å². The molecule has 2 aromatic heterocycles. The third-order valence-corrected chi connectivity index (χ3v) is 8.86. The highest BCUT2D eigenvalue weighted by Crippen LogP contribution is 2.28. The number of piperazine rings is 1. The molecule has 5 nitrogen and oxygen atoms in total. The van der Waals surface area contributed by atoms with Crippen LogP contribution in [0, 0.1) is 13.8 Å². The van der Waals surface area contributed by atoms with E-state index in [-0.39, 0.29) is 5.91 Å². The van der Waals surface area contributed by atoms with Crippen LogP contribution in [0.3, 0.4) is 0 Å². The number of halogens is 1. The summed E-state index contributed by atoms with van der Waals surface area (Å²) in [6, 6.07) is 5.61. The molecule has 1 amide bonds. The van der Waals surface area contributed by atoms with Crippen LogP contribution < -0.4 is 0 Å². The zero-order valence-corrected chi connectivity index (χ0v) is 18.5. The van der Waals surface area contributed by atoms with Gasteiger partial charge in [-0.2, -0.15) is 4.31 Å². The quantitative estimate of drug-likeness (QED) is 0.634. The van der Waals surface area contributed by atoms with Gasteiger partial charge in [0.05, 0.1) is 8.68 Å². The van der Waals surface area contributed by atoms with Crippen molar-refractivity contribution < 1.29 is 13.2 Å². The van der Waals surface area contributed by atoms with Gasteiger partial charge in [0.2, 0.25) is 15.9 Å². The molecule has 0 radical (unpaired) electrons. The van der Waals surface area contributed by atoms with E-state index in [0.717, 1.165) is 18.4 Å². The molecule has 0 unspecified atom stereocenters. The van der Waals surface area contributed by atoms with Crippen molar-refractivity contribution in [3.8, 4) is 0 Å². The Morgan fingerprint density at radius 2 is 1.85 bits per heavy atom. The highest BCUT2D eigenvalue weighted by molar-refractivity contribution is 9.11. The van der Waals surface area contributed by atoms with Crippen LogP contribution >= 0.6 is 38.6 Å². The molecule has 9 heteroatoms. The number of carbonyl (C=O) groups excluding carboxylic acids is 1. The molecule has 1 aliphatic rings. The van der Waals surface area contributed by atoms with E-state index in [0.29, 0.717) is 31.1 Å². The van der Waals surface area contributed by atoms with E-state index in [4.69, 9.17) is 0 Å². The molecule has 0 atom stereocenters. The lowest BCUT2D eigenvalue weighted by atomic mass is 10.3. The van der Waals surface area contributed by atoms with Crippen LogP contribution in [-0.4, -0.2) is 49.7 Å². The van der Waals surface area contributed by atoms with Crippen LogP contribution in [0.5, 0.6) is 0 Å². The Labute approximate surface area is 170 Å². The van der Waals surface area contributed by atoms with E-state index < -0.39 is 10.0 Å². The van der Waals surface area contributed by atoms with Crippen molar-refractivity contribution in [3.63, 3.8) is 0 Å². The maximum absolute atomic E-state index is 12.8. The Bertz CT molecular complexity index is 938. The average molecular weight is 475 g/mol. The van der Waals surface area contributed by atoms with Crippen molar-refractivity contribution in [3.05, 3.63) is 42.7 Å². The van der Waals surface area contributed by atoms with Gasteiger partial charge in [-0.05, 0) is 54.1 Å². The second kappa shape index (κ2) is 7.93. The standard InChI is InChI=1S/C17H19BrN2O3S3/c1-12-11-15(13(2)24-12)26(22,23)20-9-7-19(8-10-20)17(21)6-4-14-3-5-16(18)25-14/h3-6,11H,7-10H2,1-2H3/b6-4+. The number of carbonyl (C=O) groups is 1. The van der Waals surface area contributed by atoms with Crippen LogP contribution in [-0.2, 0) is 14.8 Å². The summed E-state index contributed by atoms with van der Waals surface area (Å²) in [5.74, 6) is -0.0888. The number of sulfonamides is 1. The van der Waals surface area contributed by atoms with Crippen molar-refractivity contribution >= 4 is 60.6 Å². The molecule has 1 fully saturated rings. The normalized spacial score (nSPS) is 16.5. The highest BCUT2D eigenvalue weighted by Gasteiger charge is 2.31. The van der Waals surface area contributed by atoms with Gasteiger partial charge in [-0.15, -0.1) is 22.7 Å². The summed E-state index contributed by atoms with van der Waals surface area (Å²) in [7, 11) is -3.49. The Kier molecular flexibility index (Phi) is 6.03. The Balaban J connectivity index is 1.62. The predicted octanol–water partition coefficient (Wildman–Crippen LogP) is 3.74. The number of rotatable bonds is 4. The first-order chi connectivity index (χ1) is 12.3. The topological polar surface area (TPSA) is 57.7 Å². The first-order valence-corrected chi connectivity index (χ1v) is 11.9. The number of hydrogen-bond donors (Lipinski definition) is 0. The van der Waals surface area contributed by atoms with Gasteiger partial charge in [0, 0.05) is 46.9 Å². The van der Waals surface area contributed by atoms with Gasteiger partial charge in [0.25, 0.3) is 0 Å². The minimum atomic E-state index is -3.49. The minimum absolute atomic E-state index is 0.0888. The maximum atomic E-state index is 12.8. The lowest BCUT2D eigenvalue weighted by Gasteiger charge is -2.33. The number of amides is 1.